The van der Waals surface area contributed by atoms with Crippen molar-refractivity contribution in [2.45, 2.75) is 13.0 Å². The van der Waals surface area contributed by atoms with E-state index in [1.807, 2.05) is 0 Å². The molecule has 0 saturated carbocycles. The van der Waals surface area contributed by atoms with E-state index < -0.39 is 6.10 Å². The van der Waals surface area contributed by atoms with E-state index >= 15 is 0 Å². The van der Waals surface area contributed by atoms with Gasteiger partial charge >= 0.3 is 0 Å². The molecule has 2 rings (SSSR count). The number of nitrogens with zero attached hydrogens (tertiary/aromatic N) is 2. The fourth-order valence-corrected chi connectivity index (χ4v) is 1.69. The van der Waals surface area contributed by atoms with Crippen LogP contribution in [0.25, 0.3) is 0 Å². The monoisotopic (exact) mass is 246 g/mol. The normalized spacial score (nSPS) is 12.2. The van der Waals surface area contributed by atoms with Crippen LogP contribution in [0.3, 0.4) is 0 Å². The largest absolute Gasteiger partial charge is 0.389 e. The molecule has 1 heterocycles. The predicted octanol–water partition coefficient (Wildman–Crippen LogP) is 3.04. The first-order valence-electron chi connectivity index (χ1n) is 5.72. The first-order valence-corrected chi connectivity index (χ1v) is 5.72. The van der Waals surface area contributed by atoms with E-state index in [4.69, 9.17) is 0 Å². The molecule has 0 fully saturated rings. The summed E-state index contributed by atoms with van der Waals surface area (Å²) in [4.78, 5) is 5.88. The van der Waals surface area contributed by atoms with Gasteiger partial charge in [-0.2, -0.15) is 0 Å². The predicted molar refractivity (Wildman–Crippen MR) is 69.3 cm³/mol. The summed E-state index contributed by atoms with van der Waals surface area (Å²) in [6, 6.07) is 10.1. The van der Waals surface area contributed by atoms with E-state index in [1.54, 1.807) is 55.4 Å². The molecule has 3 nitrogen and oxygen atoms in total. The van der Waals surface area contributed by atoms with Crippen molar-refractivity contribution in [3.8, 4) is 0 Å². The quantitative estimate of drug-likeness (QED) is 0.904. The molecule has 0 aliphatic carbocycles. The molecule has 0 saturated heterocycles. The molecule has 18 heavy (non-hydrogen) atoms. The van der Waals surface area contributed by atoms with Crippen molar-refractivity contribution in [1.82, 2.24) is 4.98 Å². The Hall–Kier alpha value is -1.94. The molecule has 0 amide bonds. The van der Waals surface area contributed by atoms with Crippen molar-refractivity contribution >= 4 is 11.5 Å². The Morgan fingerprint density at radius 2 is 1.94 bits per heavy atom. The number of rotatable bonds is 3. The zero-order chi connectivity index (χ0) is 13.1. The molecule has 4 heteroatoms. The lowest BCUT2D eigenvalue weighted by atomic mass is 10.2. The third kappa shape index (κ3) is 2.49. The molecule has 1 aromatic carbocycles. The lowest BCUT2D eigenvalue weighted by Crippen LogP contribution is -2.12. The van der Waals surface area contributed by atoms with Crippen LogP contribution in [0, 0.1) is 5.82 Å². The lowest BCUT2D eigenvalue weighted by Gasteiger charge is -2.19. The Morgan fingerprint density at radius 1 is 1.22 bits per heavy atom. The van der Waals surface area contributed by atoms with Gasteiger partial charge in [-0.3, -0.25) is 0 Å². The Labute approximate surface area is 106 Å². The highest BCUT2D eigenvalue weighted by molar-refractivity contribution is 5.59. The third-order valence-corrected chi connectivity index (χ3v) is 2.81. The van der Waals surface area contributed by atoms with Crippen LogP contribution in [0.15, 0.2) is 42.6 Å². The summed E-state index contributed by atoms with van der Waals surface area (Å²) in [6.45, 7) is 1.68. The number of hydrogen-bond acceptors (Lipinski definition) is 3. The first-order chi connectivity index (χ1) is 8.59. The zero-order valence-electron chi connectivity index (χ0n) is 10.3. The molecule has 0 bridgehead atoms. The summed E-state index contributed by atoms with van der Waals surface area (Å²) in [5.41, 5.74) is 1.20. The van der Waals surface area contributed by atoms with Crippen molar-refractivity contribution in [2.24, 2.45) is 0 Å². The Balaban J connectivity index is 2.29. The zero-order valence-corrected chi connectivity index (χ0v) is 10.3. The smallest absolute Gasteiger partial charge is 0.146 e. The van der Waals surface area contributed by atoms with E-state index in [2.05, 4.69) is 4.98 Å². The van der Waals surface area contributed by atoms with Gasteiger partial charge < -0.3 is 10.0 Å². The van der Waals surface area contributed by atoms with E-state index in [-0.39, 0.29) is 5.82 Å². The number of aliphatic hydroxyl groups is 1. The number of benzene rings is 1. The van der Waals surface area contributed by atoms with Crippen LogP contribution in [0.4, 0.5) is 15.9 Å². The molecule has 1 aromatic heterocycles. The summed E-state index contributed by atoms with van der Waals surface area (Å²) in [5.74, 6) is 0.339. The highest BCUT2D eigenvalue weighted by Gasteiger charge is 2.10. The summed E-state index contributed by atoms with van der Waals surface area (Å²) < 4.78 is 13.6. The molecule has 0 aliphatic rings. The summed E-state index contributed by atoms with van der Waals surface area (Å²) in [6.07, 6.45) is 1.04. The van der Waals surface area contributed by atoms with Gasteiger partial charge in [0, 0.05) is 13.2 Å². The lowest BCUT2D eigenvalue weighted by molar-refractivity contribution is 0.199. The number of halogens is 1. The number of anilines is 2. The summed E-state index contributed by atoms with van der Waals surface area (Å²) >= 11 is 0. The molecule has 0 unspecified atom stereocenters. The first kappa shape index (κ1) is 12.5. The van der Waals surface area contributed by atoms with Gasteiger partial charge in [0.1, 0.15) is 11.6 Å². The maximum Gasteiger partial charge on any atom is 0.146 e. The Morgan fingerprint density at radius 3 is 2.50 bits per heavy atom. The van der Waals surface area contributed by atoms with Gasteiger partial charge in [0.25, 0.3) is 0 Å². The molecule has 0 radical (unpaired) electrons. The molecule has 94 valence electrons. The van der Waals surface area contributed by atoms with Crippen LogP contribution in [-0.2, 0) is 0 Å². The highest BCUT2D eigenvalue weighted by Crippen LogP contribution is 2.24. The minimum absolute atomic E-state index is 0.290. The molecule has 1 atom stereocenters. The molecule has 2 aromatic rings. The Bertz CT molecular complexity index is 526. The van der Waals surface area contributed by atoms with Gasteiger partial charge in [-0.05, 0) is 30.7 Å². The Kier molecular flexibility index (Phi) is 3.58. The third-order valence-electron chi connectivity index (χ3n) is 2.81. The second kappa shape index (κ2) is 5.14. The summed E-state index contributed by atoms with van der Waals surface area (Å²) in [7, 11) is 1.75. The van der Waals surface area contributed by atoms with Gasteiger partial charge in [0.05, 0.1) is 11.8 Å². The van der Waals surface area contributed by atoms with E-state index in [9.17, 15) is 9.50 Å². The molecule has 0 spiro atoms. The van der Waals surface area contributed by atoms with Gasteiger partial charge in [-0.1, -0.05) is 18.2 Å². The molecule has 1 N–H and O–H groups in total. The van der Waals surface area contributed by atoms with Crippen LogP contribution in [0.2, 0.25) is 0 Å². The van der Waals surface area contributed by atoms with Crippen molar-refractivity contribution < 1.29 is 9.50 Å². The number of hydrogen-bond donors (Lipinski definition) is 1. The second-order valence-electron chi connectivity index (χ2n) is 4.14. The van der Waals surface area contributed by atoms with Gasteiger partial charge in [-0.15, -0.1) is 0 Å². The van der Waals surface area contributed by atoms with Crippen LogP contribution in [0.5, 0.6) is 0 Å². The average Bonchev–Trinajstić information content (AvgIpc) is 2.38. The van der Waals surface area contributed by atoms with Gasteiger partial charge in [0.2, 0.25) is 0 Å². The number of aliphatic hydroxyl groups excluding tert-OH is 1. The summed E-state index contributed by atoms with van der Waals surface area (Å²) in [5, 5.41) is 9.40. The minimum Gasteiger partial charge on any atom is -0.389 e. The molecular formula is C14H15FN2O. The number of aromatic nitrogens is 1. The highest BCUT2D eigenvalue weighted by atomic mass is 19.1. The maximum atomic E-state index is 13.6. The van der Waals surface area contributed by atoms with Crippen molar-refractivity contribution in [1.29, 1.82) is 0 Å². The van der Waals surface area contributed by atoms with Crippen molar-refractivity contribution in [3.63, 3.8) is 0 Å². The SMILES string of the molecule is C[C@H](O)c1ccc(N(C)c2ccccc2F)nc1. The van der Waals surface area contributed by atoms with E-state index in [1.165, 1.54) is 6.07 Å². The van der Waals surface area contributed by atoms with Crippen LogP contribution < -0.4 is 4.90 Å². The maximum absolute atomic E-state index is 13.6. The van der Waals surface area contributed by atoms with Crippen molar-refractivity contribution in [2.75, 3.05) is 11.9 Å². The van der Waals surface area contributed by atoms with Gasteiger partial charge in [-0.25, -0.2) is 9.37 Å². The minimum atomic E-state index is -0.551. The number of pyridine rings is 1. The fourth-order valence-electron chi connectivity index (χ4n) is 1.69. The molecular weight excluding hydrogens is 231 g/mol. The topological polar surface area (TPSA) is 36.4 Å². The van der Waals surface area contributed by atoms with Crippen LogP contribution in [-0.4, -0.2) is 17.1 Å². The average molecular weight is 246 g/mol. The molecule has 0 aliphatic heterocycles. The standard InChI is InChI=1S/C14H15FN2O/c1-10(18)11-7-8-14(16-9-11)17(2)13-6-4-3-5-12(13)15/h3-10,18H,1-2H3/t10-/m0/s1. The van der Waals surface area contributed by atoms with Gasteiger partial charge in [0.15, 0.2) is 0 Å². The van der Waals surface area contributed by atoms with E-state index in [0.29, 0.717) is 11.5 Å². The number of para-hydroxylation sites is 1. The van der Waals surface area contributed by atoms with Crippen molar-refractivity contribution in [3.05, 3.63) is 54.0 Å². The van der Waals surface area contributed by atoms with Crippen LogP contribution >= 0.6 is 0 Å². The van der Waals surface area contributed by atoms with E-state index in [0.717, 1.165) is 5.56 Å². The second-order valence-corrected chi connectivity index (χ2v) is 4.14. The van der Waals surface area contributed by atoms with Crippen LogP contribution in [0.1, 0.15) is 18.6 Å². The fraction of sp³-hybridized carbons (Fsp3) is 0.214.